The second-order valence-electron chi connectivity index (χ2n) is 3.11. The van der Waals surface area contributed by atoms with Crippen molar-refractivity contribution in [3.05, 3.63) is 42.5 Å². The number of ether oxygens (including phenoxy) is 1. The number of carbonyl (C=O) groups excluding carboxylic acids is 1. The molecule has 0 aromatic heterocycles. The molecule has 0 saturated heterocycles. The average Bonchev–Trinajstić information content (AvgIpc) is 2.35. The SMILES string of the molecule is C=CCOc1ccc(C(=O)N(C)OC)cc1. The summed E-state index contributed by atoms with van der Waals surface area (Å²) in [5.41, 5.74) is 0.551. The summed E-state index contributed by atoms with van der Waals surface area (Å²) in [4.78, 5) is 16.4. The van der Waals surface area contributed by atoms with Gasteiger partial charge in [0.1, 0.15) is 12.4 Å². The number of hydroxylamine groups is 2. The lowest BCUT2D eigenvalue weighted by Crippen LogP contribution is -2.25. The van der Waals surface area contributed by atoms with E-state index in [2.05, 4.69) is 6.58 Å². The van der Waals surface area contributed by atoms with E-state index in [1.54, 1.807) is 37.4 Å². The number of carbonyl (C=O) groups is 1. The highest BCUT2D eigenvalue weighted by atomic mass is 16.7. The molecule has 4 heteroatoms. The van der Waals surface area contributed by atoms with Crippen LogP contribution in [0.15, 0.2) is 36.9 Å². The Balaban J connectivity index is 2.70. The Kier molecular flexibility index (Phi) is 4.54. The second-order valence-corrected chi connectivity index (χ2v) is 3.11. The summed E-state index contributed by atoms with van der Waals surface area (Å²) >= 11 is 0. The first-order valence-electron chi connectivity index (χ1n) is 4.85. The molecular formula is C12H15NO3. The van der Waals surface area contributed by atoms with Crippen LogP contribution in [-0.2, 0) is 4.84 Å². The van der Waals surface area contributed by atoms with E-state index >= 15 is 0 Å². The molecule has 0 heterocycles. The van der Waals surface area contributed by atoms with E-state index in [0.717, 1.165) is 0 Å². The average molecular weight is 221 g/mol. The maximum Gasteiger partial charge on any atom is 0.277 e. The summed E-state index contributed by atoms with van der Waals surface area (Å²) in [7, 11) is 3.00. The van der Waals surface area contributed by atoms with Crippen molar-refractivity contribution in [1.29, 1.82) is 0 Å². The van der Waals surface area contributed by atoms with Crippen LogP contribution >= 0.6 is 0 Å². The fourth-order valence-electron chi connectivity index (χ4n) is 1.11. The Labute approximate surface area is 95.0 Å². The summed E-state index contributed by atoms with van der Waals surface area (Å²) in [6, 6.07) is 6.85. The van der Waals surface area contributed by atoms with Crippen molar-refractivity contribution >= 4 is 5.91 Å². The smallest absolute Gasteiger partial charge is 0.277 e. The summed E-state index contributed by atoms with van der Waals surface area (Å²) in [5, 5.41) is 1.17. The summed E-state index contributed by atoms with van der Waals surface area (Å²) in [6.45, 7) is 4.00. The van der Waals surface area contributed by atoms with Gasteiger partial charge in [0.2, 0.25) is 0 Å². The van der Waals surface area contributed by atoms with Gasteiger partial charge in [0.15, 0.2) is 0 Å². The van der Waals surface area contributed by atoms with E-state index in [1.807, 2.05) is 0 Å². The minimum Gasteiger partial charge on any atom is -0.490 e. The standard InChI is InChI=1S/C12H15NO3/c1-4-9-16-11-7-5-10(6-8-11)12(14)13(2)15-3/h4-8H,1,9H2,2-3H3. The summed E-state index contributed by atoms with van der Waals surface area (Å²) < 4.78 is 5.30. The Morgan fingerprint density at radius 3 is 2.56 bits per heavy atom. The van der Waals surface area contributed by atoms with Crippen molar-refractivity contribution in [3.8, 4) is 5.75 Å². The third kappa shape index (κ3) is 3.10. The number of rotatable bonds is 5. The Bertz CT molecular complexity index is 359. The maximum atomic E-state index is 11.6. The third-order valence-corrected chi connectivity index (χ3v) is 2.03. The van der Waals surface area contributed by atoms with Crippen LogP contribution in [0.5, 0.6) is 5.75 Å². The van der Waals surface area contributed by atoms with Crippen molar-refractivity contribution in [3.63, 3.8) is 0 Å². The Morgan fingerprint density at radius 2 is 2.06 bits per heavy atom. The Morgan fingerprint density at radius 1 is 1.44 bits per heavy atom. The first-order chi connectivity index (χ1) is 7.69. The zero-order valence-corrected chi connectivity index (χ0v) is 9.47. The van der Waals surface area contributed by atoms with Crippen molar-refractivity contribution in [2.45, 2.75) is 0 Å². The van der Waals surface area contributed by atoms with E-state index in [1.165, 1.54) is 12.2 Å². The van der Waals surface area contributed by atoms with Crippen LogP contribution in [0, 0.1) is 0 Å². The lowest BCUT2D eigenvalue weighted by Gasteiger charge is -2.13. The highest BCUT2D eigenvalue weighted by molar-refractivity contribution is 5.93. The van der Waals surface area contributed by atoms with E-state index in [4.69, 9.17) is 9.57 Å². The lowest BCUT2D eigenvalue weighted by molar-refractivity contribution is -0.0757. The van der Waals surface area contributed by atoms with Gasteiger partial charge in [0.25, 0.3) is 5.91 Å². The van der Waals surface area contributed by atoms with Gasteiger partial charge in [-0.25, -0.2) is 5.06 Å². The van der Waals surface area contributed by atoms with Crippen LogP contribution in [0.3, 0.4) is 0 Å². The quantitative estimate of drug-likeness (QED) is 0.563. The second kappa shape index (κ2) is 5.92. The minimum absolute atomic E-state index is 0.197. The normalized spacial score (nSPS) is 9.62. The molecule has 0 radical (unpaired) electrons. The van der Waals surface area contributed by atoms with E-state index in [9.17, 15) is 4.79 Å². The molecule has 0 aliphatic heterocycles. The highest BCUT2D eigenvalue weighted by Crippen LogP contribution is 2.13. The number of benzene rings is 1. The van der Waals surface area contributed by atoms with Gasteiger partial charge >= 0.3 is 0 Å². The third-order valence-electron chi connectivity index (χ3n) is 2.03. The van der Waals surface area contributed by atoms with Gasteiger partial charge < -0.3 is 4.74 Å². The van der Waals surface area contributed by atoms with Crippen LogP contribution in [0.25, 0.3) is 0 Å². The summed E-state index contributed by atoms with van der Waals surface area (Å²) in [5.74, 6) is 0.509. The van der Waals surface area contributed by atoms with Crippen LogP contribution in [0.2, 0.25) is 0 Å². The number of amides is 1. The molecule has 0 spiro atoms. The zero-order chi connectivity index (χ0) is 12.0. The molecule has 1 rings (SSSR count). The van der Waals surface area contributed by atoms with Crippen molar-refractivity contribution in [2.75, 3.05) is 20.8 Å². The Hall–Kier alpha value is -1.81. The molecule has 0 saturated carbocycles. The molecule has 16 heavy (non-hydrogen) atoms. The molecule has 86 valence electrons. The summed E-state index contributed by atoms with van der Waals surface area (Å²) in [6.07, 6.45) is 1.66. The molecular weight excluding hydrogens is 206 g/mol. The largest absolute Gasteiger partial charge is 0.490 e. The molecule has 0 aliphatic rings. The predicted octanol–water partition coefficient (Wildman–Crippen LogP) is 1.88. The first-order valence-corrected chi connectivity index (χ1v) is 4.85. The molecule has 1 aromatic carbocycles. The fourth-order valence-corrected chi connectivity index (χ4v) is 1.11. The molecule has 0 N–H and O–H groups in total. The molecule has 1 aromatic rings. The molecule has 0 unspecified atom stereocenters. The number of hydrogen-bond acceptors (Lipinski definition) is 3. The number of nitrogens with zero attached hydrogens (tertiary/aromatic N) is 1. The zero-order valence-electron chi connectivity index (χ0n) is 9.47. The van der Waals surface area contributed by atoms with E-state index in [0.29, 0.717) is 17.9 Å². The minimum atomic E-state index is -0.197. The predicted molar refractivity (Wildman–Crippen MR) is 61.2 cm³/mol. The van der Waals surface area contributed by atoms with E-state index in [-0.39, 0.29) is 5.91 Å². The van der Waals surface area contributed by atoms with Crippen molar-refractivity contribution < 1.29 is 14.4 Å². The van der Waals surface area contributed by atoms with Gasteiger partial charge in [-0.15, -0.1) is 0 Å². The molecule has 0 bridgehead atoms. The molecule has 0 aliphatic carbocycles. The van der Waals surface area contributed by atoms with Crippen LogP contribution in [-0.4, -0.2) is 31.7 Å². The molecule has 1 amide bonds. The molecule has 4 nitrogen and oxygen atoms in total. The topological polar surface area (TPSA) is 38.8 Å². The lowest BCUT2D eigenvalue weighted by atomic mass is 10.2. The number of hydrogen-bond donors (Lipinski definition) is 0. The van der Waals surface area contributed by atoms with Crippen LogP contribution in [0.4, 0.5) is 0 Å². The van der Waals surface area contributed by atoms with E-state index < -0.39 is 0 Å². The first kappa shape index (κ1) is 12.3. The van der Waals surface area contributed by atoms with Gasteiger partial charge in [0, 0.05) is 12.6 Å². The fraction of sp³-hybridized carbons (Fsp3) is 0.250. The maximum absolute atomic E-state index is 11.6. The molecule has 0 atom stereocenters. The van der Waals surface area contributed by atoms with Gasteiger partial charge in [-0.3, -0.25) is 9.63 Å². The van der Waals surface area contributed by atoms with Crippen molar-refractivity contribution in [1.82, 2.24) is 5.06 Å². The van der Waals surface area contributed by atoms with Crippen LogP contribution in [0.1, 0.15) is 10.4 Å². The van der Waals surface area contributed by atoms with Gasteiger partial charge in [-0.05, 0) is 24.3 Å². The van der Waals surface area contributed by atoms with Crippen molar-refractivity contribution in [2.24, 2.45) is 0 Å². The monoisotopic (exact) mass is 221 g/mol. The molecule has 0 fully saturated rings. The van der Waals surface area contributed by atoms with Gasteiger partial charge in [0.05, 0.1) is 7.11 Å². The van der Waals surface area contributed by atoms with Crippen LogP contribution < -0.4 is 4.74 Å². The van der Waals surface area contributed by atoms with Gasteiger partial charge in [-0.1, -0.05) is 12.7 Å². The highest BCUT2D eigenvalue weighted by Gasteiger charge is 2.10. The van der Waals surface area contributed by atoms with Gasteiger partial charge in [-0.2, -0.15) is 0 Å².